The zero-order chi connectivity index (χ0) is 10.3. The summed E-state index contributed by atoms with van der Waals surface area (Å²) in [6.45, 7) is 6.36. The molecule has 0 radical (unpaired) electrons. The molecule has 0 fully saturated rings. The van der Waals surface area contributed by atoms with Gasteiger partial charge in [0, 0.05) is 5.39 Å². The van der Waals surface area contributed by atoms with Crippen LogP contribution in [0.2, 0.25) is 5.02 Å². The number of hydrogen-bond acceptors (Lipinski definition) is 0. The molecule has 0 bridgehead atoms. The molecule has 14 heavy (non-hydrogen) atoms. The zero-order valence-corrected chi connectivity index (χ0v) is 9.44. The summed E-state index contributed by atoms with van der Waals surface area (Å²) in [5.74, 6) is 0. The molecular weight excluding hydrogens is 192 g/mol. The van der Waals surface area contributed by atoms with Gasteiger partial charge in [-0.15, -0.1) is 0 Å². The zero-order valence-electron chi connectivity index (χ0n) is 8.69. The predicted molar refractivity (Wildman–Crippen MR) is 63.2 cm³/mol. The third kappa shape index (κ3) is 1.22. The smallest absolute Gasteiger partial charge is 0.0516 e. The van der Waals surface area contributed by atoms with Crippen LogP contribution in [0.5, 0.6) is 0 Å². The third-order valence-corrected chi connectivity index (χ3v) is 3.51. The lowest BCUT2D eigenvalue weighted by atomic mass is 9.96. The second-order valence-corrected chi connectivity index (χ2v) is 4.11. The van der Waals surface area contributed by atoms with Crippen LogP contribution in [0, 0.1) is 20.8 Å². The molecule has 0 saturated heterocycles. The maximum Gasteiger partial charge on any atom is 0.0516 e. The summed E-state index contributed by atoms with van der Waals surface area (Å²) in [7, 11) is 0. The van der Waals surface area contributed by atoms with E-state index < -0.39 is 0 Å². The highest BCUT2D eigenvalue weighted by atomic mass is 35.5. The van der Waals surface area contributed by atoms with E-state index in [4.69, 9.17) is 11.6 Å². The molecule has 0 aliphatic heterocycles. The lowest BCUT2D eigenvalue weighted by molar-refractivity contribution is 1.30. The molecule has 0 nitrogen and oxygen atoms in total. The third-order valence-electron chi connectivity index (χ3n) is 3.02. The number of aryl methyl sites for hydroxylation is 1. The van der Waals surface area contributed by atoms with Gasteiger partial charge in [-0.2, -0.15) is 0 Å². The average Bonchev–Trinajstić information content (AvgIpc) is 2.23. The SMILES string of the molecule is Cc1c(C)c(Cl)c2ccccc2c1C. The minimum Gasteiger partial charge on any atom is -0.0834 e. The van der Waals surface area contributed by atoms with E-state index in [0.717, 1.165) is 10.4 Å². The molecule has 0 spiro atoms. The molecule has 0 aromatic heterocycles. The lowest BCUT2D eigenvalue weighted by Gasteiger charge is -2.11. The molecule has 2 aromatic carbocycles. The van der Waals surface area contributed by atoms with Crippen molar-refractivity contribution in [2.45, 2.75) is 20.8 Å². The highest BCUT2D eigenvalue weighted by Gasteiger charge is 2.08. The fourth-order valence-corrected chi connectivity index (χ4v) is 2.16. The quantitative estimate of drug-likeness (QED) is 0.596. The molecule has 0 amide bonds. The van der Waals surface area contributed by atoms with E-state index in [9.17, 15) is 0 Å². The molecule has 1 heteroatoms. The molecule has 2 rings (SSSR count). The lowest BCUT2D eigenvalue weighted by Crippen LogP contribution is -1.90. The van der Waals surface area contributed by atoms with Crippen LogP contribution in [0.25, 0.3) is 10.8 Å². The molecule has 72 valence electrons. The van der Waals surface area contributed by atoms with Gasteiger partial charge in [-0.3, -0.25) is 0 Å². The number of rotatable bonds is 0. The summed E-state index contributed by atoms with van der Waals surface area (Å²) in [5, 5.41) is 3.32. The first-order valence-corrected chi connectivity index (χ1v) is 5.14. The number of fused-ring (bicyclic) bond motifs is 1. The molecular formula is C13H13Cl. The fourth-order valence-electron chi connectivity index (χ4n) is 1.85. The van der Waals surface area contributed by atoms with E-state index in [1.54, 1.807) is 0 Å². The summed E-state index contributed by atoms with van der Waals surface area (Å²) < 4.78 is 0. The Labute approximate surface area is 89.5 Å². The van der Waals surface area contributed by atoms with Crippen molar-refractivity contribution in [1.82, 2.24) is 0 Å². The molecule has 0 unspecified atom stereocenters. The summed E-state index contributed by atoms with van der Waals surface area (Å²) in [6.07, 6.45) is 0. The van der Waals surface area contributed by atoms with E-state index in [2.05, 4.69) is 39.0 Å². The second kappa shape index (κ2) is 3.29. The monoisotopic (exact) mass is 204 g/mol. The van der Waals surface area contributed by atoms with Crippen molar-refractivity contribution < 1.29 is 0 Å². The summed E-state index contributed by atoms with van der Waals surface area (Å²) in [5.41, 5.74) is 3.83. The summed E-state index contributed by atoms with van der Waals surface area (Å²) in [4.78, 5) is 0. The van der Waals surface area contributed by atoms with E-state index in [0.29, 0.717) is 0 Å². The molecule has 0 aliphatic carbocycles. The van der Waals surface area contributed by atoms with Crippen LogP contribution in [0.1, 0.15) is 16.7 Å². The Morgan fingerprint density at radius 2 is 1.36 bits per heavy atom. The van der Waals surface area contributed by atoms with Crippen molar-refractivity contribution in [3.63, 3.8) is 0 Å². The summed E-state index contributed by atoms with van der Waals surface area (Å²) in [6, 6.07) is 8.29. The van der Waals surface area contributed by atoms with Crippen LogP contribution in [0.15, 0.2) is 24.3 Å². The Bertz CT molecular complexity index is 452. The van der Waals surface area contributed by atoms with E-state index in [-0.39, 0.29) is 0 Å². The van der Waals surface area contributed by atoms with Gasteiger partial charge in [0.1, 0.15) is 0 Å². The van der Waals surface area contributed by atoms with Gasteiger partial charge in [-0.05, 0) is 42.8 Å². The van der Waals surface area contributed by atoms with Crippen molar-refractivity contribution in [1.29, 1.82) is 0 Å². The molecule has 0 aliphatic rings. The Kier molecular flexibility index (Phi) is 2.24. The Hall–Kier alpha value is -1.01. The van der Waals surface area contributed by atoms with Crippen molar-refractivity contribution in [3.8, 4) is 0 Å². The molecule has 0 saturated carbocycles. The van der Waals surface area contributed by atoms with E-state index in [1.807, 2.05) is 6.07 Å². The van der Waals surface area contributed by atoms with Gasteiger partial charge in [-0.25, -0.2) is 0 Å². The number of halogens is 1. The topological polar surface area (TPSA) is 0 Å². The van der Waals surface area contributed by atoms with Crippen LogP contribution >= 0.6 is 11.6 Å². The number of benzene rings is 2. The van der Waals surface area contributed by atoms with E-state index in [1.165, 1.54) is 22.1 Å². The van der Waals surface area contributed by atoms with Gasteiger partial charge in [0.25, 0.3) is 0 Å². The maximum absolute atomic E-state index is 6.30. The minimum absolute atomic E-state index is 0.892. The normalized spacial score (nSPS) is 10.9. The maximum atomic E-state index is 6.30. The highest BCUT2D eigenvalue weighted by Crippen LogP contribution is 2.32. The van der Waals surface area contributed by atoms with Crippen molar-refractivity contribution in [2.75, 3.05) is 0 Å². The highest BCUT2D eigenvalue weighted by molar-refractivity contribution is 6.36. The van der Waals surface area contributed by atoms with Crippen molar-refractivity contribution >= 4 is 22.4 Å². The minimum atomic E-state index is 0.892. The molecule has 0 N–H and O–H groups in total. The van der Waals surface area contributed by atoms with Gasteiger partial charge < -0.3 is 0 Å². The standard InChI is InChI=1S/C13H13Cl/c1-8-9(2)11-6-4-5-7-12(11)13(14)10(8)3/h4-7H,1-3H3. The number of hydrogen-bond donors (Lipinski definition) is 0. The Morgan fingerprint density at radius 3 is 2.00 bits per heavy atom. The van der Waals surface area contributed by atoms with Crippen LogP contribution < -0.4 is 0 Å². The Morgan fingerprint density at radius 1 is 0.786 bits per heavy atom. The Balaban J connectivity index is 3.02. The van der Waals surface area contributed by atoms with Gasteiger partial charge in [0.15, 0.2) is 0 Å². The van der Waals surface area contributed by atoms with Gasteiger partial charge in [0.05, 0.1) is 5.02 Å². The largest absolute Gasteiger partial charge is 0.0834 e. The van der Waals surface area contributed by atoms with Gasteiger partial charge >= 0.3 is 0 Å². The summed E-state index contributed by atoms with van der Waals surface area (Å²) >= 11 is 6.30. The molecule has 0 atom stereocenters. The van der Waals surface area contributed by atoms with Crippen LogP contribution in [-0.2, 0) is 0 Å². The van der Waals surface area contributed by atoms with Crippen LogP contribution in [0.4, 0.5) is 0 Å². The fraction of sp³-hybridized carbons (Fsp3) is 0.231. The van der Waals surface area contributed by atoms with E-state index >= 15 is 0 Å². The second-order valence-electron chi connectivity index (χ2n) is 3.73. The molecule has 0 heterocycles. The van der Waals surface area contributed by atoms with Gasteiger partial charge in [-0.1, -0.05) is 35.9 Å². The van der Waals surface area contributed by atoms with Gasteiger partial charge in [0.2, 0.25) is 0 Å². The first kappa shape index (κ1) is 9.54. The van der Waals surface area contributed by atoms with Crippen molar-refractivity contribution in [2.24, 2.45) is 0 Å². The average molecular weight is 205 g/mol. The molecule has 2 aromatic rings. The van der Waals surface area contributed by atoms with Crippen LogP contribution in [0.3, 0.4) is 0 Å². The predicted octanol–water partition coefficient (Wildman–Crippen LogP) is 4.42. The van der Waals surface area contributed by atoms with Crippen LogP contribution in [-0.4, -0.2) is 0 Å². The van der Waals surface area contributed by atoms with Crippen molar-refractivity contribution in [3.05, 3.63) is 46.0 Å². The first-order valence-electron chi connectivity index (χ1n) is 4.77. The first-order chi connectivity index (χ1) is 6.63.